The summed E-state index contributed by atoms with van der Waals surface area (Å²) < 4.78 is 5.47. The van der Waals surface area contributed by atoms with E-state index in [-0.39, 0.29) is 5.41 Å². The van der Waals surface area contributed by atoms with E-state index in [0.29, 0.717) is 0 Å². The Hall–Kier alpha value is -1.26. The molecule has 1 aromatic rings. The van der Waals surface area contributed by atoms with E-state index in [4.69, 9.17) is 21.3 Å². The van der Waals surface area contributed by atoms with Crippen molar-refractivity contribution < 1.29 is 4.74 Å². The zero-order chi connectivity index (χ0) is 18.4. The van der Waals surface area contributed by atoms with Gasteiger partial charge >= 0.3 is 0 Å². The average Bonchev–Trinajstić information content (AvgIpc) is 3.45. The second-order valence-corrected chi connectivity index (χ2v) is 8.16. The number of ether oxygens (including phenoxy) is 1. The molecule has 0 spiro atoms. The van der Waals surface area contributed by atoms with Crippen molar-refractivity contribution in [1.82, 2.24) is 10.2 Å². The maximum atomic E-state index is 6.04. The number of hydrogen-bond acceptors (Lipinski definition) is 2. The molecule has 0 atom stereocenters. The lowest BCUT2D eigenvalue weighted by molar-refractivity contribution is 0.0625. The highest BCUT2D eigenvalue weighted by atomic mass is 35.5. The number of aliphatic imine (C=N–C) groups is 1. The zero-order valence-corrected chi connectivity index (χ0v) is 16.9. The van der Waals surface area contributed by atoms with E-state index in [1.807, 2.05) is 12.1 Å². The van der Waals surface area contributed by atoms with Crippen LogP contribution in [-0.2, 0) is 10.2 Å². The molecule has 1 aliphatic carbocycles. The predicted molar refractivity (Wildman–Crippen MR) is 109 cm³/mol. The number of rotatable bonds is 7. The summed E-state index contributed by atoms with van der Waals surface area (Å²) in [4.78, 5) is 7.27. The van der Waals surface area contributed by atoms with Gasteiger partial charge in [-0.25, -0.2) is 0 Å². The Morgan fingerprint density at radius 2 is 1.96 bits per heavy atom. The average molecular weight is 378 g/mol. The van der Waals surface area contributed by atoms with Crippen LogP contribution in [0.3, 0.4) is 0 Å². The molecule has 1 heterocycles. The molecular formula is C21H32ClN3O. The lowest BCUT2D eigenvalue weighted by atomic mass is 9.96. The molecule has 1 N–H and O–H groups in total. The minimum Gasteiger partial charge on any atom is -0.381 e. The Balaban J connectivity index is 1.58. The van der Waals surface area contributed by atoms with E-state index < -0.39 is 0 Å². The van der Waals surface area contributed by atoms with Gasteiger partial charge in [0.25, 0.3) is 0 Å². The third-order valence-corrected chi connectivity index (χ3v) is 6.00. The standard InChI is InChI=1S/C21H32ClN3O/c1-3-23-20(25(2)13-8-17-9-14-26-15-10-17)24-16-21(11-12-21)18-4-6-19(22)7-5-18/h4-7,17H,3,8-16H2,1-2H3,(H,23,24). The van der Waals surface area contributed by atoms with Crippen LogP contribution in [-0.4, -0.2) is 50.8 Å². The first-order valence-corrected chi connectivity index (χ1v) is 10.3. The molecule has 26 heavy (non-hydrogen) atoms. The number of nitrogens with zero attached hydrogens (tertiary/aromatic N) is 2. The van der Waals surface area contributed by atoms with Crippen molar-refractivity contribution in [2.75, 3.05) is 39.9 Å². The molecule has 0 aromatic heterocycles. The van der Waals surface area contributed by atoms with Crippen LogP contribution >= 0.6 is 11.6 Å². The van der Waals surface area contributed by atoms with Gasteiger partial charge in [0, 0.05) is 43.8 Å². The van der Waals surface area contributed by atoms with Crippen LogP contribution in [0.4, 0.5) is 0 Å². The fraction of sp³-hybridized carbons (Fsp3) is 0.667. The first-order valence-electron chi connectivity index (χ1n) is 9.96. The molecule has 1 aliphatic heterocycles. The lowest BCUT2D eigenvalue weighted by Crippen LogP contribution is -2.40. The lowest BCUT2D eigenvalue weighted by Gasteiger charge is -2.27. The highest BCUT2D eigenvalue weighted by molar-refractivity contribution is 6.30. The smallest absolute Gasteiger partial charge is 0.193 e. The third-order valence-electron chi connectivity index (χ3n) is 5.75. The number of hydrogen-bond donors (Lipinski definition) is 1. The topological polar surface area (TPSA) is 36.9 Å². The summed E-state index contributed by atoms with van der Waals surface area (Å²) in [6.45, 7) is 6.77. The van der Waals surface area contributed by atoms with Crippen molar-refractivity contribution in [2.24, 2.45) is 10.9 Å². The first-order chi connectivity index (χ1) is 12.6. The summed E-state index contributed by atoms with van der Waals surface area (Å²) in [6.07, 6.45) is 6.03. The molecule has 1 aromatic carbocycles. The monoisotopic (exact) mass is 377 g/mol. The van der Waals surface area contributed by atoms with Gasteiger partial charge in [0.05, 0.1) is 6.54 Å². The van der Waals surface area contributed by atoms with Gasteiger partial charge in [0.1, 0.15) is 0 Å². The summed E-state index contributed by atoms with van der Waals surface area (Å²) in [5, 5.41) is 4.26. The molecule has 144 valence electrons. The summed E-state index contributed by atoms with van der Waals surface area (Å²) in [5.74, 6) is 1.82. The van der Waals surface area contributed by atoms with Crippen LogP contribution in [0.2, 0.25) is 5.02 Å². The second-order valence-electron chi connectivity index (χ2n) is 7.72. The number of nitrogens with one attached hydrogen (secondary N) is 1. The fourth-order valence-electron chi connectivity index (χ4n) is 3.71. The molecule has 2 aliphatic rings. The molecule has 4 nitrogen and oxygen atoms in total. The molecule has 0 unspecified atom stereocenters. The summed E-state index contributed by atoms with van der Waals surface area (Å²) in [6, 6.07) is 8.30. The quantitative estimate of drug-likeness (QED) is 0.574. The van der Waals surface area contributed by atoms with Crippen LogP contribution in [0.5, 0.6) is 0 Å². The molecule has 0 bridgehead atoms. The van der Waals surface area contributed by atoms with E-state index >= 15 is 0 Å². The van der Waals surface area contributed by atoms with E-state index in [2.05, 4.69) is 36.3 Å². The maximum absolute atomic E-state index is 6.04. The molecule has 2 fully saturated rings. The van der Waals surface area contributed by atoms with Crippen LogP contribution in [0.1, 0.15) is 44.6 Å². The third kappa shape index (κ3) is 5.14. The Morgan fingerprint density at radius 3 is 2.58 bits per heavy atom. The van der Waals surface area contributed by atoms with Crippen molar-refractivity contribution in [3.8, 4) is 0 Å². The SMILES string of the molecule is CCNC(=NCC1(c2ccc(Cl)cc2)CC1)N(C)CCC1CCOCC1. The molecule has 1 saturated heterocycles. The largest absolute Gasteiger partial charge is 0.381 e. The van der Waals surface area contributed by atoms with Crippen molar-refractivity contribution in [1.29, 1.82) is 0 Å². The van der Waals surface area contributed by atoms with Crippen molar-refractivity contribution in [2.45, 2.75) is 44.4 Å². The van der Waals surface area contributed by atoms with E-state index in [0.717, 1.165) is 49.7 Å². The summed E-state index contributed by atoms with van der Waals surface area (Å²) in [7, 11) is 2.16. The van der Waals surface area contributed by atoms with Crippen LogP contribution < -0.4 is 5.32 Å². The van der Waals surface area contributed by atoms with Crippen molar-refractivity contribution in [3.05, 3.63) is 34.9 Å². The normalized spacial score (nSPS) is 20.0. The Bertz CT molecular complexity index is 592. The van der Waals surface area contributed by atoms with E-state index in [9.17, 15) is 0 Å². The van der Waals surface area contributed by atoms with E-state index in [1.165, 1.54) is 37.7 Å². The predicted octanol–water partition coefficient (Wildman–Crippen LogP) is 4.09. The van der Waals surface area contributed by atoms with Gasteiger partial charge < -0.3 is 15.0 Å². The number of halogens is 1. The van der Waals surface area contributed by atoms with Gasteiger partial charge in [0.2, 0.25) is 0 Å². The van der Waals surface area contributed by atoms with Gasteiger partial charge in [-0.3, -0.25) is 4.99 Å². The Morgan fingerprint density at radius 1 is 1.27 bits per heavy atom. The molecule has 5 heteroatoms. The Labute approximate surface area is 163 Å². The van der Waals surface area contributed by atoms with Crippen LogP contribution in [0.15, 0.2) is 29.3 Å². The van der Waals surface area contributed by atoms with Gasteiger partial charge in [-0.05, 0) is 62.6 Å². The molecule has 1 saturated carbocycles. The maximum Gasteiger partial charge on any atom is 0.193 e. The van der Waals surface area contributed by atoms with Gasteiger partial charge in [0.15, 0.2) is 5.96 Å². The number of benzene rings is 1. The van der Waals surface area contributed by atoms with Crippen LogP contribution in [0, 0.1) is 5.92 Å². The molecular weight excluding hydrogens is 346 g/mol. The molecule has 0 amide bonds. The first kappa shape index (κ1) is 19.5. The zero-order valence-electron chi connectivity index (χ0n) is 16.1. The van der Waals surface area contributed by atoms with Gasteiger partial charge in [-0.2, -0.15) is 0 Å². The van der Waals surface area contributed by atoms with E-state index in [1.54, 1.807) is 0 Å². The van der Waals surface area contributed by atoms with Crippen LogP contribution in [0.25, 0.3) is 0 Å². The Kier molecular flexibility index (Phi) is 6.82. The highest BCUT2D eigenvalue weighted by Gasteiger charge is 2.44. The van der Waals surface area contributed by atoms with Crippen molar-refractivity contribution in [3.63, 3.8) is 0 Å². The number of guanidine groups is 1. The molecule has 3 rings (SSSR count). The summed E-state index contributed by atoms with van der Waals surface area (Å²) in [5.41, 5.74) is 1.58. The molecule has 0 radical (unpaired) electrons. The van der Waals surface area contributed by atoms with Gasteiger partial charge in [-0.15, -0.1) is 0 Å². The fourth-order valence-corrected chi connectivity index (χ4v) is 3.83. The highest BCUT2D eigenvalue weighted by Crippen LogP contribution is 2.48. The second kappa shape index (κ2) is 9.09. The van der Waals surface area contributed by atoms with Gasteiger partial charge in [-0.1, -0.05) is 23.7 Å². The minimum absolute atomic E-state index is 0.215. The van der Waals surface area contributed by atoms with Crippen molar-refractivity contribution >= 4 is 17.6 Å². The summed E-state index contributed by atoms with van der Waals surface area (Å²) >= 11 is 6.04. The minimum atomic E-state index is 0.215.